The average molecular weight is 592 g/mol. The molecule has 1 saturated carbocycles. The van der Waals surface area contributed by atoms with E-state index in [9.17, 15) is 19.6 Å². The number of carbonyl (C=O) groups is 2. The van der Waals surface area contributed by atoms with Crippen molar-refractivity contribution in [3.63, 3.8) is 0 Å². The predicted octanol–water partition coefficient (Wildman–Crippen LogP) is 6.00. The highest BCUT2D eigenvalue weighted by atomic mass is 35.5. The van der Waals surface area contributed by atoms with Gasteiger partial charge in [0.05, 0.1) is 43.2 Å². The Bertz CT molecular complexity index is 1520. The highest BCUT2D eigenvalue weighted by Gasteiger charge is 2.30. The smallest absolute Gasteiger partial charge is 0.338 e. The van der Waals surface area contributed by atoms with Crippen LogP contribution in [0.1, 0.15) is 61.0 Å². The zero-order valence-corrected chi connectivity index (χ0v) is 24.6. The molecule has 0 saturated heterocycles. The van der Waals surface area contributed by atoms with E-state index in [1.807, 2.05) is 0 Å². The third-order valence-corrected chi connectivity index (χ3v) is 7.88. The number of benzene rings is 2. The first-order valence-corrected chi connectivity index (χ1v) is 14.3. The number of methoxy groups -OCH3 is 2. The molecule has 0 spiro atoms. The van der Waals surface area contributed by atoms with Gasteiger partial charge in [-0.05, 0) is 87.4 Å². The normalized spacial score (nSPS) is 17.1. The number of anilines is 1. The van der Waals surface area contributed by atoms with Crippen molar-refractivity contribution < 1.29 is 23.8 Å². The molecule has 1 amide bonds. The first kappa shape index (κ1) is 30.8. The Kier molecular flexibility index (Phi) is 10.4. The Hall–Kier alpha value is -4.13. The number of nitriles is 1. The summed E-state index contributed by atoms with van der Waals surface area (Å²) in [6.07, 6.45) is 5.66. The van der Waals surface area contributed by atoms with Crippen LogP contribution in [0.25, 0.3) is 11.1 Å². The fourth-order valence-electron chi connectivity index (χ4n) is 5.38. The fourth-order valence-corrected chi connectivity index (χ4v) is 5.55. The molecular weight excluding hydrogens is 558 g/mol. The molecule has 1 unspecified atom stereocenters. The maximum Gasteiger partial charge on any atom is 0.338 e. The fraction of sp³-hybridized carbons (Fsp3) is 0.375. The number of aromatic nitrogens is 1. The second kappa shape index (κ2) is 14.2. The maximum absolute atomic E-state index is 13.8. The standard InChI is InChI=1S/C32H34ClN3O6/c1-4-42-32(39)21-8-11-24(12-9-21)35-31(38)28(15-20-5-13-25(40-2)14-6-20)36-19-29(41-3)27(17-30(36)37)26-16-23(33)10-7-22(26)18-34/h7-12,16-17,19-20,25,28H,4-6,13-15H2,1-3H3,(H,35,38). The van der Waals surface area contributed by atoms with Crippen LogP contribution < -0.4 is 15.6 Å². The summed E-state index contributed by atoms with van der Waals surface area (Å²) < 4.78 is 17.6. The van der Waals surface area contributed by atoms with Crippen LogP contribution in [-0.2, 0) is 14.3 Å². The van der Waals surface area contributed by atoms with E-state index in [1.54, 1.807) is 56.5 Å². The largest absolute Gasteiger partial charge is 0.495 e. The predicted molar refractivity (Wildman–Crippen MR) is 160 cm³/mol. The van der Waals surface area contributed by atoms with Gasteiger partial charge in [-0.15, -0.1) is 0 Å². The number of esters is 1. The number of hydrogen-bond donors (Lipinski definition) is 1. The van der Waals surface area contributed by atoms with Gasteiger partial charge in [0.15, 0.2) is 0 Å². The lowest BCUT2D eigenvalue weighted by Crippen LogP contribution is -2.35. The molecule has 42 heavy (non-hydrogen) atoms. The summed E-state index contributed by atoms with van der Waals surface area (Å²) in [7, 11) is 3.18. The summed E-state index contributed by atoms with van der Waals surface area (Å²) in [4.78, 5) is 39.4. The third-order valence-electron chi connectivity index (χ3n) is 7.64. The lowest BCUT2D eigenvalue weighted by Gasteiger charge is -2.30. The van der Waals surface area contributed by atoms with Gasteiger partial charge < -0.3 is 19.5 Å². The van der Waals surface area contributed by atoms with Crippen molar-refractivity contribution >= 4 is 29.2 Å². The van der Waals surface area contributed by atoms with Crippen LogP contribution in [0.2, 0.25) is 5.02 Å². The molecule has 0 bridgehead atoms. The van der Waals surface area contributed by atoms with Gasteiger partial charge in [-0.25, -0.2) is 4.79 Å². The van der Waals surface area contributed by atoms with Gasteiger partial charge in [-0.1, -0.05) is 11.6 Å². The first-order chi connectivity index (χ1) is 20.3. The monoisotopic (exact) mass is 591 g/mol. The van der Waals surface area contributed by atoms with E-state index in [0.29, 0.717) is 45.1 Å². The number of amides is 1. The van der Waals surface area contributed by atoms with Crippen LogP contribution in [0, 0.1) is 17.2 Å². The summed E-state index contributed by atoms with van der Waals surface area (Å²) in [5, 5.41) is 13.0. The van der Waals surface area contributed by atoms with E-state index in [4.69, 9.17) is 25.8 Å². The minimum Gasteiger partial charge on any atom is -0.495 e. The van der Waals surface area contributed by atoms with Gasteiger partial charge in [0.1, 0.15) is 11.8 Å². The Morgan fingerprint density at radius 2 is 1.79 bits per heavy atom. The van der Waals surface area contributed by atoms with Crippen molar-refractivity contribution in [3.05, 3.63) is 81.2 Å². The van der Waals surface area contributed by atoms with E-state index in [1.165, 1.54) is 23.9 Å². The highest BCUT2D eigenvalue weighted by molar-refractivity contribution is 6.31. The van der Waals surface area contributed by atoms with Crippen LogP contribution in [0.5, 0.6) is 5.75 Å². The van der Waals surface area contributed by atoms with Crippen molar-refractivity contribution in [3.8, 4) is 22.9 Å². The molecule has 9 nitrogen and oxygen atoms in total. The van der Waals surface area contributed by atoms with Crippen LogP contribution in [-0.4, -0.2) is 43.4 Å². The number of rotatable bonds is 10. The number of ether oxygens (including phenoxy) is 3. The summed E-state index contributed by atoms with van der Waals surface area (Å²) >= 11 is 6.21. The molecule has 0 radical (unpaired) electrons. The zero-order chi connectivity index (χ0) is 30.2. The molecule has 10 heteroatoms. The van der Waals surface area contributed by atoms with Crippen molar-refractivity contribution in [2.75, 3.05) is 26.1 Å². The first-order valence-electron chi connectivity index (χ1n) is 13.9. The molecule has 1 aliphatic rings. The lowest BCUT2D eigenvalue weighted by atomic mass is 9.83. The number of hydrogen-bond acceptors (Lipinski definition) is 7. The van der Waals surface area contributed by atoms with E-state index < -0.39 is 17.6 Å². The number of nitrogens with one attached hydrogen (secondary N) is 1. The molecule has 0 aliphatic heterocycles. The van der Waals surface area contributed by atoms with E-state index >= 15 is 0 Å². The third kappa shape index (κ3) is 7.19. The summed E-state index contributed by atoms with van der Waals surface area (Å²) in [5.41, 5.74) is 1.65. The van der Waals surface area contributed by atoms with Gasteiger partial charge in [0.2, 0.25) is 5.91 Å². The molecular formula is C32H34ClN3O6. The Labute approximate surface area is 250 Å². The minimum atomic E-state index is -0.843. The van der Waals surface area contributed by atoms with Crippen LogP contribution in [0.15, 0.2) is 59.5 Å². The Balaban J connectivity index is 1.69. The van der Waals surface area contributed by atoms with Crippen LogP contribution >= 0.6 is 11.6 Å². The molecule has 1 atom stereocenters. The van der Waals surface area contributed by atoms with Crippen LogP contribution in [0.3, 0.4) is 0 Å². The number of nitrogens with zero attached hydrogens (tertiary/aromatic N) is 2. The number of halogens is 1. The van der Waals surface area contributed by atoms with E-state index in [2.05, 4.69) is 11.4 Å². The van der Waals surface area contributed by atoms with E-state index in [-0.39, 0.29) is 24.5 Å². The van der Waals surface area contributed by atoms with Crippen LogP contribution in [0.4, 0.5) is 5.69 Å². The summed E-state index contributed by atoms with van der Waals surface area (Å²) in [6.45, 7) is 1.99. The number of carbonyl (C=O) groups excluding carboxylic acids is 2. The summed E-state index contributed by atoms with van der Waals surface area (Å²) in [6, 6.07) is 13.9. The second-order valence-electron chi connectivity index (χ2n) is 10.2. The van der Waals surface area contributed by atoms with Gasteiger partial charge >= 0.3 is 5.97 Å². The van der Waals surface area contributed by atoms with Crippen molar-refractivity contribution in [1.82, 2.24) is 4.57 Å². The minimum absolute atomic E-state index is 0.195. The molecule has 4 rings (SSSR count). The Morgan fingerprint density at radius 1 is 1.07 bits per heavy atom. The van der Waals surface area contributed by atoms with Crippen molar-refractivity contribution in [2.24, 2.45) is 5.92 Å². The highest BCUT2D eigenvalue weighted by Crippen LogP contribution is 2.36. The molecule has 1 aliphatic carbocycles. The quantitative estimate of drug-likeness (QED) is 0.287. The molecule has 220 valence electrons. The van der Waals surface area contributed by atoms with Gasteiger partial charge in [-0.2, -0.15) is 5.26 Å². The van der Waals surface area contributed by atoms with Crippen molar-refractivity contribution in [2.45, 2.75) is 51.2 Å². The molecule has 1 fully saturated rings. The topological polar surface area (TPSA) is 120 Å². The Morgan fingerprint density at radius 3 is 2.40 bits per heavy atom. The molecule has 1 heterocycles. The maximum atomic E-state index is 13.8. The molecule has 2 aromatic carbocycles. The zero-order valence-electron chi connectivity index (χ0n) is 23.9. The summed E-state index contributed by atoms with van der Waals surface area (Å²) in [5.74, 6) is -0.287. The number of pyridine rings is 1. The van der Waals surface area contributed by atoms with Crippen molar-refractivity contribution in [1.29, 1.82) is 5.26 Å². The van der Waals surface area contributed by atoms with E-state index in [0.717, 1.165) is 25.7 Å². The second-order valence-corrected chi connectivity index (χ2v) is 10.7. The van der Waals surface area contributed by atoms with Gasteiger partial charge in [0, 0.05) is 35.0 Å². The van der Waals surface area contributed by atoms with Gasteiger partial charge in [0.25, 0.3) is 5.56 Å². The average Bonchev–Trinajstić information content (AvgIpc) is 3.00. The van der Waals surface area contributed by atoms with Gasteiger partial charge in [-0.3, -0.25) is 14.2 Å². The molecule has 1 N–H and O–H groups in total. The SMILES string of the molecule is CCOC(=O)c1ccc(NC(=O)C(CC2CCC(OC)CC2)n2cc(OC)c(-c3cc(Cl)ccc3C#N)cc2=O)cc1. The molecule has 1 aromatic heterocycles. The molecule has 3 aromatic rings. The lowest BCUT2D eigenvalue weighted by molar-refractivity contribution is -0.120.